The molecule has 7 heteroatoms. The first-order chi connectivity index (χ1) is 11.9. The number of carbonyl (C=O) groups is 1. The third-order valence-corrected chi connectivity index (χ3v) is 4.54. The number of H-pyrrole nitrogens is 1. The molecule has 0 aliphatic rings. The number of benzene rings is 2. The van der Waals surface area contributed by atoms with Gasteiger partial charge in [-0.2, -0.15) is 5.10 Å². The van der Waals surface area contributed by atoms with Crippen LogP contribution in [0.4, 0.5) is 5.69 Å². The quantitative estimate of drug-likeness (QED) is 0.662. The molecule has 0 radical (unpaired) electrons. The van der Waals surface area contributed by atoms with Gasteiger partial charge in [0.15, 0.2) is 10.6 Å². The SMILES string of the molecule is Cc1ccc(-c2n[nH]c(=S)n2CC(=O)Nc2ccc(C)c(Cl)c2)cc1. The second-order valence-electron chi connectivity index (χ2n) is 5.82. The fourth-order valence-electron chi connectivity index (χ4n) is 2.40. The first-order valence-corrected chi connectivity index (χ1v) is 8.51. The van der Waals surface area contributed by atoms with E-state index in [4.69, 9.17) is 23.8 Å². The Hall–Kier alpha value is -2.44. The maximum absolute atomic E-state index is 12.4. The molecule has 2 N–H and O–H groups in total. The first kappa shape index (κ1) is 17.4. The van der Waals surface area contributed by atoms with Gasteiger partial charge in [-0.3, -0.25) is 14.5 Å². The third-order valence-electron chi connectivity index (χ3n) is 3.83. The van der Waals surface area contributed by atoms with E-state index in [2.05, 4.69) is 15.5 Å². The molecule has 1 amide bonds. The maximum atomic E-state index is 12.4. The van der Waals surface area contributed by atoms with Crippen molar-refractivity contribution in [3.63, 3.8) is 0 Å². The largest absolute Gasteiger partial charge is 0.324 e. The van der Waals surface area contributed by atoms with E-state index in [0.29, 0.717) is 21.3 Å². The number of rotatable bonds is 4. The normalized spacial score (nSPS) is 10.7. The highest BCUT2D eigenvalue weighted by molar-refractivity contribution is 7.71. The number of aryl methyl sites for hydroxylation is 2. The van der Waals surface area contributed by atoms with Crippen LogP contribution in [-0.4, -0.2) is 20.7 Å². The van der Waals surface area contributed by atoms with Gasteiger partial charge in [-0.25, -0.2) is 0 Å². The lowest BCUT2D eigenvalue weighted by Gasteiger charge is -2.09. The van der Waals surface area contributed by atoms with E-state index >= 15 is 0 Å². The van der Waals surface area contributed by atoms with Crippen molar-refractivity contribution in [3.05, 3.63) is 63.4 Å². The lowest BCUT2D eigenvalue weighted by molar-refractivity contribution is -0.116. The fourth-order valence-corrected chi connectivity index (χ4v) is 2.78. The van der Waals surface area contributed by atoms with Crippen molar-refractivity contribution >= 4 is 35.4 Å². The predicted octanol–water partition coefficient (Wildman–Crippen LogP) is 4.52. The summed E-state index contributed by atoms with van der Waals surface area (Å²) in [6.45, 7) is 3.98. The van der Waals surface area contributed by atoms with Gasteiger partial charge in [-0.1, -0.05) is 47.5 Å². The smallest absolute Gasteiger partial charge is 0.244 e. The molecule has 0 aliphatic carbocycles. The van der Waals surface area contributed by atoms with Gasteiger partial charge < -0.3 is 5.32 Å². The lowest BCUT2D eigenvalue weighted by Crippen LogP contribution is -2.19. The maximum Gasteiger partial charge on any atom is 0.244 e. The topological polar surface area (TPSA) is 62.7 Å². The van der Waals surface area contributed by atoms with Crippen LogP contribution in [-0.2, 0) is 11.3 Å². The van der Waals surface area contributed by atoms with Gasteiger partial charge in [0.25, 0.3) is 0 Å². The molecule has 0 spiro atoms. The molecule has 0 aliphatic heterocycles. The zero-order valence-electron chi connectivity index (χ0n) is 13.8. The number of aromatic nitrogens is 3. The summed E-state index contributed by atoms with van der Waals surface area (Å²) in [4.78, 5) is 12.4. The molecular formula is C18H17ClN4OS. The number of aromatic amines is 1. The number of carbonyl (C=O) groups excluding carboxylic acids is 1. The van der Waals surface area contributed by atoms with Gasteiger partial charge in [0.1, 0.15) is 6.54 Å². The van der Waals surface area contributed by atoms with E-state index in [0.717, 1.165) is 16.7 Å². The molecule has 1 heterocycles. The number of hydrogen-bond acceptors (Lipinski definition) is 3. The number of nitrogens with one attached hydrogen (secondary N) is 2. The molecule has 5 nitrogen and oxygen atoms in total. The molecule has 25 heavy (non-hydrogen) atoms. The Morgan fingerprint density at radius 2 is 1.96 bits per heavy atom. The van der Waals surface area contributed by atoms with Crippen molar-refractivity contribution in [2.45, 2.75) is 20.4 Å². The third kappa shape index (κ3) is 3.97. The first-order valence-electron chi connectivity index (χ1n) is 7.72. The predicted molar refractivity (Wildman–Crippen MR) is 102 cm³/mol. The van der Waals surface area contributed by atoms with E-state index in [9.17, 15) is 4.79 Å². The second kappa shape index (κ2) is 7.21. The number of amides is 1. The lowest BCUT2D eigenvalue weighted by atomic mass is 10.1. The molecule has 3 rings (SSSR count). The molecule has 128 valence electrons. The zero-order valence-corrected chi connectivity index (χ0v) is 15.4. The molecule has 0 unspecified atom stereocenters. The molecule has 0 saturated heterocycles. The van der Waals surface area contributed by atoms with E-state index < -0.39 is 0 Å². The van der Waals surface area contributed by atoms with Crippen LogP contribution in [0.2, 0.25) is 5.02 Å². The van der Waals surface area contributed by atoms with E-state index in [1.54, 1.807) is 10.6 Å². The highest BCUT2D eigenvalue weighted by atomic mass is 35.5. The Morgan fingerprint density at radius 3 is 2.64 bits per heavy atom. The minimum absolute atomic E-state index is 0.0596. The Labute approximate surface area is 155 Å². The van der Waals surface area contributed by atoms with Crippen molar-refractivity contribution in [1.82, 2.24) is 14.8 Å². The van der Waals surface area contributed by atoms with E-state index in [1.807, 2.05) is 50.2 Å². The van der Waals surface area contributed by atoms with Crippen LogP contribution in [0.15, 0.2) is 42.5 Å². The van der Waals surface area contributed by atoms with Gasteiger partial charge in [-0.15, -0.1) is 0 Å². The zero-order chi connectivity index (χ0) is 18.0. The fraction of sp³-hybridized carbons (Fsp3) is 0.167. The Kier molecular flexibility index (Phi) is 5.01. The summed E-state index contributed by atoms with van der Waals surface area (Å²) in [5, 5.41) is 10.4. The van der Waals surface area contributed by atoms with Crippen molar-refractivity contribution in [3.8, 4) is 11.4 Å². The van der Waals surface area contributed by atoms with Crippen molar-refractivity contribution in [2.75, 3.05) is 5.32 Å². The number of halogens is 1. The van der Waals surface area contributed by atoms with Crippen molar-refractivity contribution < 1.29 is 4.79 Å². The molecule has 1 aromatic heterocycles. The molecule has 0 fully saturated rings. The molecule has 2 aromatic carbocycles. The van der Waals surface area contributed by atoms with Gasteiger partial charge in [0.05, 0.1) is 0 Å². The van der Waals surface area contributed by atoms with Gasteiger partial charge >= 0.3 is 0 Å². The molecule has 0 saturated carbocycles. The minimum Gasteiger partial charge on any atom is -0.324 e. The van der Waals surface area contributed by atoms with Crippen LogP contribution in [0, 0.1) is 18.6 Å². The highest BCUT2D eigenvalue weighted by Crippen LogP contribution is 2.21. The monoisotopic (exact) mass is 372 g/mol. The summed E-state index contributed by atoms with van der Waals surface area (Å²) < 4.78 is 2.07. The summed E-state index contributed by atoms with van der Waals surface area (Å²) >= 11 is 11.4. The van der Waals surface area contributed by atoms with Crippen LogP contribution < -0.4 is 5.32 Å². The molecule has 0 bridgehead atoms. The highest BCUT2D eigenvalue weighted by Gasteiger charge is 2.13. The molecular weight excluding hydrogens is 356 g/mol. The summed E-state index contributed by atoms with van der Waals surface area (Å²) in [5.74, 6) is 0.424. The van der Waals surface area contributed by atoms with Gasteiger partial charge in [0.2, 0.25) is 5.91 Å². The average molecular weight is 373 g/mol. The van der Waals surface area contributed by atoms with Crippen LogP contribution in [0.5, 0.6) is 0 Å². The van der Waals surface area contributed by atoms with Crippen molar-refractivity contribution in [2.24, 2.45) is 0 Å². The van der Waals surface area contributed by atoms with E-state index in [1.165, 1.54) is 0 Å². The van der Waals surface area contributed by atoms with E-state index in [-0.39, 0.29) is 12.5 Å². The summed E-state index contributed by atoms with van der Waals surface area (Å²) in [6.07, 6.45) is 0. The Balaban J connectivity index is 1.81. The number of hydrogen-bond donors (Lipinski definition) is 2. The standard InChI is InChI=1S/C18H17ClN4OS/c1-11-3-6-13(7-4-11)17-21-22-18(25)23(17)10-16(24)20-14-8-5-12(2)15(19)9-14/h3-9H,10H2,1-2H3,(H,20,24)(H,22,25). The summed E-state index contributed by atoms with van der Waals surface area (Å²) in [7, 11) is 0. The Bertz CT molecular complexity index is 975. The minimum atomic E-state index is -0.203. The van der Waals surface area contributed by atoms with Crippen LogP contribution in [0.1, 0.15) is 11.1 Å². The van der Waals surface area contributed by atoms with Crippen molar-refractivity contribution in [1.29, 1.82) is 0 Å². The van der Waals surface area contributed by atoms with Crippen LogP contribution in [0.25, 0.3) is 11.4 Å². The summed E-state index contributed by atoms with van der Waals surface area (Å²) in [5.41, 5.74) is 3.65. The Morgan fingerprint density at radius 1 is 1.24 bits per heavy atom. The summed E-state index contributed by atoms with van der Waals surface area (Å²) in [6, 6.07) is 13.3. The van der Waals surface area contributed by atoms with Crippen LogP contribution >= 0.6 is 23.8 Å². The average Bonchev–Trinajstić information content (AvgIpc) is 2.93. The van der Waals surface area contributed by atoms with Crippen LogP contribution in [0.3, 0.4) is 0 Å². The molecule has 0 atom stereocenters. The number of anilines is 1. The molecule has 3 aromatic rings. The van der Waals surface area contributed by atoms with Gasteiger partial charge in [0, 0.05) is 16.3 Å². The number of nitrogens with zero attached hydrogens (tertiary/aromatic N) is 2. The van der Waals surface area contributed by atoms with Gasteiger partial charge in [-0.05, 0) is 43.8 Å². The second-order valence-corrected chi connectivity index (χ2v) is 6.61.